The Hall–Kier alpha value is -1.02. The van der Waals surface area contributed by atoms with Crippen LogP contribution in [0.2, 0.25) is 0 Å². The maximum Gasteiger partial charge on any atom is 0.119 e. The number of nitrogens with two attached hydrogens (primary N) is 1. The zero-order valence-corrected chi connectivity index (χ0v) is 11.3. The second-order valence-electron chi connectivity index (χ2n) is 4.82. The molecule has 2 N–H and O–H groups in total. The maximum atomic E-state index is 5.62. The molecule has 0 aliphatic heterocycles. The van der Waals surface area contributed by atoms with E-state index in [9.17, 15) is 0 Å². The van der Waals surface area contributed by atoms with Crippen LogP contribution in [-0.4, -0.2) is 13.2 Å². The Balaban J connectivity index is 2.62. The molecule has 1 atom stereocenters. The molecule has 1 rings (SSSR count). The lowest BCUT2D eigenvalue weighted by molar-refractivity contribution is 0.317. The van der Waals surface area contributed by atoms with Gasteiger partial charge in [-0.3, -0.25) is 0 Å². The third-order valence-corrected chi connectivity index (χ3v) is 3.01. The first-order valence-corrected chi connectivity index (χ1v) is 6.59. The largest absolute Gasteiger partial charge is 0.494 e. The van der Waals surface area contributed by atoms with Crippen molar-refractivity contribution in [2.75, 3.05) is 13.2 Å². The van der Waals surface area contributed by atoms with E-state index in [0.29, 0.717) is 5.92 Å². The zero-order valence-electron chi connectivity index (χ0n) is 11.3. The summed E-state index contributed by atoms with van der Waals surface area (Å²) in [7, 11) is 0. The Bertz CT molecular complexity index is 336. The summed E-state index contributed by atoms with van der Waals surface area (Å²) in [6.07, 6.45) is 3.25. The van der Waals surface area contributed by atoms with Crippen molar-refractivity contribution in [3.05, 3.63) is 29.3 Å². The molecule has 0 fully saturated rings. The SMILES string of the molecule is CCCOc1ccc(CC(C)CCN)c(C)c1. The molecule has 1 aromatic carbocycles. The van der Waals surface area contributed by atoms with Gasteiger partial charge in [0.05, 0.1) is 6.61 Å². The molecule has 0 saturated heterocycles. The highest BCUT2D eigenvalue weighted by Crippen LogP contribution is 2.20. The Kier molecular flexibility index (Phi) is 6.06. The highest BCUT2D eigenvalue weighted by molar-refractivity contribution is 5.35. The zero-order chi connectivity index (χ0) is 12.7. The topological polar surface area (TPSA) is 35.2 Å². The van der Waals surface area contributed by atoms with Crippen molar-refractivity contribution >= 4 is 0 Å². The molecule has 2 heteroatoms. The molecular formula is C15H25NO. The minimum Gasteiger partial charge on any atom is -0.494 e. The summed E-state index contributed by atoms with van der Waals surface area (Å²) < 4.78 is 5.62. The van der Waals surface area contributed by atoms with Crippen LogP contribution in [-0.2, 0) is 6.42 Å². The maximum absolute atomic E-state index is 5.62. The molecule has 17 heavy (non-hydrogen) atoms. The predicted octanol–water partition coefficient (Wildman–Crippen LogP) is 3.31. The Morgan fingerprint density at radius 2 is 2.12 bits per heavy atom. The fraction of sp³-hybridized carbons (Fsp3) is 0.600. The molecule has 2 nitrogen and oxygen atoms in total. The summed E-state index contributed by atoms with van der Waals surface area (Å²) >= 11 is 0. The van der Waals surface area contributed by atoms with Gasteiger partial charge in [0, 0.05) is 0 Å². The van der Waals surface area contributed by atoms with Gasteiger partial charge in [-0.2, -0.15) is 0 Å². The number of benzene rings is 1. The molecular weight excluding hydrogens is 210 g/mol. The van der Waals surface area contributed by atoms with E-state index in [2.05, 4.69) is 39.0 Å². The van der Waals surface area contributed by atoms with Gasteiger partial charge in [-0.05, 0) is 61.9 Å². The van der Waals surface area contributed by atoms with Crippen LogP contribution in [0.15, 0.2) is 18.2 Å². The lowest BCUT2D eigenvalue weighted by Gasteiger charge is -2.13. The van der Waals surface area contributed by atoms with Gasteiger partial charge in [0.15, 0.2) is 0 Å². The van der Waals surface area contributed by atoms with Crippen molar-refractivity contribution < 1.29 is 4.74 Å². The van der Waals surface area contributed by atoms with E-state index in [1.807, 2.05) is 0 Å². The summed E-state index contributed by atoms with van der Waals surface area (Å²) in [6.45, 7) is 8.10. The highest BCUT2D eigenvalue weighted by Gasteiger charge is 2.06. The van der Waals surface area contributed by atoms with E-state index >= 15 is 0 Å². The number of hydrogen-bond acceptors (Lipinski definition) is 2. The van der Waals surface area contributed by atoms with Crippen molar-refractivity contribution in [3.63, 3.8) is 0 Å². The summed E-state index contributed by atoms with van der Waals surface area (Å²) in [5, 5.41) is 0. The predicted molar refractivity (Wildman–Crippen MR) is 73.5 cm³/mol. The van der Waals surface area contributed by atoms with Gasteiger partial charge in [0.25, 0.3) is 0 Å². The van der Waals surface area contributed by atoms with Crippen LogP contribution in [0.1, 0.15) is 37.8 Å². The van der Waals surface area contributed by atoms with Gasteiger partial charge in [-0.1, -0.05) is 19.9 Å². The van der Waals surface area contributed by atoms with Gasteiger partial charge in [-0.25, -0.2) is 0 Å². The van der Waals surface area contributed by atoms with E-state index in [1.54, 1.807) is 0 Å². The van der Waals surface area contributed by atoms with Crippen LogP contribution in [0, 0.1) is 12.8 Å². The third-order valence-electron chi connectivity index (χ3n) is 3.01. The number of ether oxygens (including phenoxy) is 1. The molecule has 0 aliphatic carbocycles. The van der Waals surface area contributed by atoms with E-state index in [4.69, 9.17) is 10.5 Å². The lowest BCUT2D eigenvalue weighted by atomic mass is 9.95. The molecule has 1 aromatic rings. The normalized spacial score (nSPS) is 12.5. The van der Waals surface area contributed by atoms with E-state index < -0.39 is 0 Å². The molecule has 0 aliphatic rings. The molecule has 0 spiro atoms. The van der Waals surface area contributed by atoms with Gasteiger partial charge in [0.1, 0.15) is 5.75 Å². The van der Waals surface area contributed by atoms with Crippen molar-refractivity contribution in [3.8, 4) is 5.75 Å². The van der Waals surface area contributed by atoms with Crippen LogP contribution in [0.25, 0.3) is 0 Å². The summed E-state index contributed by atoms with van der Waals surface area (Å²) in [6, 6.07) is 6.40. The fourth-order valence-corrected chi connectivity index (χ4v) is 1.97. The first-order chi connectivity index (χ1) is 8.17. The van der Waals surface area contributed by atoms with Crippen molar-refractivity contribution in [2.45, 2.75) is 40.0 Å². The molecule has 0 radical (unpaired) electrons. The first kappa shape index (κ1) is 14.0. The van der Waals surface area contributed by atoms with Crippen molar-refractivity contribution in [1.82, 2.24) is 0 Å². The van der Waals surface area contributed by atoms with Crippen LogP contribution >= 0.6 is 0 Å². The number of aryl methyl sites for hydroxylation is 1. The summed E-state index contributed by atoms with van der Waals surface area (Å²) in [5.74, 6) is 1.64. The fourth-order valence-electron chi connectivity index (χ4n) is 1.97. The Morgan fingerprint density at radius 1 is 1.35 bits per heavy atom. The van der Waals surface area contributed by atoms with E-state index in [-0.39, 0.29) is 0 Å². The van der Waals surface area contributed by atoms with Crippen LogP contribution in [0.5, 0.6) is 5.75 Å². The minimum atomic E-state index is 0.654. The third kappa shape index (κ3) is 4.78. The minimum absolute atomic E-state index is 0.654. The molecule has 96 valence electrons. The second kappa shape index (κ2) is 7.33. The molecule has 0 heterocycles. The van der Waals surface area contributed by atoms with Gasteiger partial charge < -0.3 is 10.5 Å². The van der Waals surface area contributed by atoms with Gasteiger partial charge in [0.2, 0.25) is 0 Å². The van der Waals surface area contributed by atoms with Crippen LogP contribution in [0.3, 0.4) is 0 Å². The van der Waals surface area contributed by atoms with Gasteiger partial charge in [-0.15, -0.1) is 0 Å². The second-order valence-corrected chi connectivity index (χ2v) is 4.82. The van der Waals surface area contributed by atoms with Crippen LogP contribution in [0.4, 0.5) is 0 Å². The molecule has 0 saturated carbocycles. The molecule has 0 amide bonds. The molecule has 0 aromatic heterocycles. The molecule has 0 bridgehead atoms. The average Bonchev–Trinajstić information content (AvgIpc) is 2.30. The average molecular weight is 235 g/mol. The molecule has 1 unspecified atom stereocenters. The Labute approximate surface area is 105 Å². The Morgan fingerprint density at radius 3 is 2.71 bits per heavy atom. The number of rotatable bonds is 7. The van der Waals surface area contributed by atoms with E-state index in [0.717, 1.165) is 38.2 Å². The van der Waals surface area contributed by atoms with E-state index in [1.165, 1.54) is 11.1 Å². The standard InChI is InChI=1S/C15H25NO/c1-4-9-17-15-6-5-14(13(3)11-15)10-12(2)7-8-16/h5-6,11-12H,4,7-10,16H2,1-3H3. The smallest absolute Gasteiger partial charge is 0.119 e. The quantitative estimate of drug-likeness (QED) is 0.787. The number of hydrogen-bond donors (Lipinski definition) is 1. The van der Waals surface area contributed by atoms with Crippen molar-refractivity contribution in [1.29, 1.82) is 0 Å². The monoisotopic (exact) mass is 235 g/mol. The van der Waals surface area contributed by atoms with Crippen LogP contribution < -0.4 is 10.5 Å². The van der Waals surface area contributed by atoms with Crippen molar-refractivity contribution in [2.24, 2.45) is 11.7 Å². The lowest BCUT2D eigenvalue weighted by Crippen LogP contribution is -2.08. The van der Waals surface area contributed by atoms with Gasteiger partial charge >= 0.3 is 0 Å². The summed E-state index contributed by atoms with van der Waals surface area (Å²) in [4.78, 5) is 0. The highest BCUT2D eigenvalue weighted by atomic mass is 16.5. The first-order valence-electron chi connectivity index (χ1n) is 6.59. The summed E-state index contributed by atoms with van der Waals surface area (Å²) in [5.41, 5.74) is 8.31.